The molecule has 0 bridgehead atoms. The number of rotatable bonds is 5. The van der Waals surface area contributed by atoms with E-state index in [4.69, 9.17) is 4.42 Å². The van der Waals surface area contributed by atoms with Gasteiger partial charge in [-0.15, -0.1) is 0 Å². The molecule has 0 saturated carbocycles. The summed E-state index contributed by atoms with van der Waals surface area (Å²) in [6.07, 6.45) is 2.25. The summed E-state index contributed by atoms with van der Waals surface area (Å²) in [5.74, 6) is -1.39. The Morgan fingerprint density at radius 2 is 1.75 bits per heavy atom. The van der Waals surface area contributed by atoms with E-state index < -0.39 is 23.8 Å². The largest absolute Gasteiger partial charge is 0.459 e. The number of aryl methyl sites for hydroxylation is 1. The summed E-state index contributed by atoms with van der Waals surface area (Å²) in [4.78, 5) is 35.6. The molecule has 2 rings (SSSR count). The first-order valence-corrected chi connectivity index (χ1v) is 7.54. The Hall–Kier alpha value is -3.09. The number of nitrogens with one attached hydrogen (secondary N) is 3. The van der Waals surface area contributed by atoms with E-state index in [9.17, 15) is 14.4 Å². The van der Waals surface area contributed by atoms with Crippen molar-refractivity contribution >= 4 is 17.7 Å². The van der Waals surface area contributed by atoms with Gasteiger partial charge >= 0.3 is 0 Å². The van der Waals surface area contributed by atoms with Crippen LogP contribution in [-0.4, -0.2) is 23.8 Å². The SMILES string of the molecule is CCc1ccc(C(=O)NNC(=O)[C@@H](C)NC(=O)c2ccco2)cc1. The van der Waals surface area contributed by atoms with Crippen molar-refractivity contribution in [3.05, 3.63) is 59.5 Å². The van der Waals surface area contributed by atoms with Gasteiger partial charge in [-0.25, -0.2) is 0 Å². The Balaban J connectivity index is 1.82. The second-order valence-electron chi connectivity index (χ2n) is 5.17. The molecular weight excluding hydrogens is 310 g/mol. The van der Waals surface area contributed by atoms with Crippen LogP contribution in [-0.2, 0) is 11.2 Å². The van der Waals surface area contributed by atoms with Crippen LogP contribution in [0.1, 0.15) is 40.3 Å². The van der Waals surface area contributed by atoms with E-state index >= 15 is 0 Å². The molecule has 1 aromatic heterocycles. The van der Waals surface area contributed by atoms with E-state index in [2.05, 4.69) is 16.2 Å². The van der Waals surface area contributed by atoms with Gasteiger partial charge in [0.2, 0.25) is 0 Å². The van der Waals surface area contributed by atoms with Crippen LogP contribution in [0.2, 0.25) is 0 Å². The molecule has 7 heteroatoms. The first-order chi connectivity index (χ1) is 11.5. The second kappa shape index (κ2) is 7.96. The topological polar surface area (TPSA) is 100 Å². The van der Waals surface area contributed by atoms with Gasteiger partial charge < -0.3 is 9.73 Å². The molecule has 0 spiro atoms. The van der Waals surface area contributed by atoms with Crippen LogP contribution in [0.4, 0.5) is 0 Å². The Morgan fingerprint density at radius 3 is 2.33 bits per heavy atom. The lowest BCUT2D eigenvalue weighted by molar-refractivity contribution is -0.123. The van der Waals surface area contributed by atoms with Gasteiger partial charge in [0.05, 0.1) is 6.26 Å². The Bertz CT molecular complexity index is 708. The molecule has 7 nitrogen and oxygen atoms in total. The zero-order chi connectivity index (χ0) is 17.5. The fraction of sp³-hybridized carbons (Fsp3) is 0.235. The third-order valence-corrected chi connectivity index (χ3v) is 3.41. The van der Waals surface area contributed by atoms with Crippen molar-refractivity contribution in [1.29, 1.82) is 0 Å². The molecule has 0 aliphatic heterocycles. The van der Waals surface area contributed by atoms with Crippen molar-refractivity contribution < 1.29 is 18.8 Å². The maximum atomic E-state index is 12.0. The second-order valence-corrected chi connectivity index (χ2v) is 5.17. The molecule has 2 aromatic rings. The minimum absolute atomic E-state index is 0.106. The lowest BCUT2D eigenvalue weighted by atomic mass is 10.1. The molecule has 0 saturated heterocycles. The number of amides is 3. The number of hydrazine groups is 1. The summed E-state index contributed by atoms with van der Waals surface area (Å²) in [6.45, 7) is 3.52. The molecule has 24 heavy (non-hydrogen) atoms. The van der Waals surface area contributed by atoms with E-state index in [0.717, 1.165) is 12.0 Å². The molecule has 0 fully saturated rings. The van der Waals surface area contributed by atoms with E-state index in [0.29, 0.717) is 5.56 Å². The van der Waals surface area contributed by atoms with Gasteiger partial charge in [-0.3, -0.25) is 25.2 Å². The number of benzene rings is 1. The van der Waals surface area contributed by atoms with Gasteiger partial charge in [-0.2, -0.15) is 0 Å². The summed E-state index contributed by atoms with van der Waals surface area (Å²) in [5.41, 5.74) is 6.13. The number of furan rings is 1. The molecule has 0 unspecified atom stereocenters. The average Bonchev–Trinajstić information content (AvgIpc) is 3.14. The molecule has 0 aliphatic carbocycles. The quantitative estimate of drug-likeness (QED) is 0.722. The highest BCUT2D eigenvalue weighted by molar-refractivity contribution is 5.97. The molecule has 1 atom stereocenters. The third kappa shape index (κ3) is 4.45. The Morgan fingerprint density at radius 1 is 1.04 bits per heavy atom. The molecule has 126 valence electrons. The maximum Gasteiger partial charge on any atom is 0.287 e. The lowest BCUT2D eigenvalue weighted by Crippen LogP contribution is -2.51. The van der Waals surface area contributed by atoms with E-state index in [1.807, 2.05) is 19.1 Å². The van der Waals surface area contributed by atoms with Crippen LogP contribution in [0.25, 0.3) is 0 Å². The predicted octanol–water partition coefficient (Wildman–Crippen LogP) is 1.42. The van der Waals surface area contributed by atoms with Crippen LogP contribution >= 0.6 is 0 Å². The molecule has 3 amide bonds. The van der Waals surface area contributed by atoms with Crippen LogP contribution in [0.5, 0.6) is 0 Å². The van der Waals surface area contributed by atoms with Gasteiger partial charge in [0.15, 0.2) is 5.76 Å². The van der Waals surface area contributed by atoms with Crippen molar-refractivity contribution in [2.45, 2.75) is 26.3 Å². The standard InChI is InChI=1S/C17H19N3O4/c1-3-12-6-8-13(9-7-12)16(22)20-19-15(21)11(2)18-17(23)14-5-4-10-24-14/h4-11H,3H2,1-2H3,(H,18,23)(H,19,21)(H,20,22)/t11-/m1/s1. The van der Waals surface area contributed by atoms with E-state index in [1.54, 1.807) is 18.2 Å². The van der Waals surface area contributed by atoms with Crippen LogP contribution in [0.15, 0.2) is 47.1 Å². The smallest absolute Gasteiger partial charge is 0.287 e. The van der Waals surface area contributed by atoms with Crippen molar-refractivity contribution in [2.75, 3.05) is 0 Å². The summed E-state index contributed by atoms with van der Waals surface area (Å²) < 4.78 is 4.94. The number of carbonyl (C=O) groups excluding carboxylic acids is 3. The Kier molecular flexibility index (Phi) is 5.73. The number of hydrogen-bond donors (Lipinski definition) is 3. The van der Waals surface area contributed by atoms with Crippen molar-refractivity contribution in [3.63, 3.8) is 0 Å². The van der Waals surface area contributed by atoms with Crippen molar-refractivity contribution in [2.24, 2.45) is 0 Å². The number of carbonyl (C=O) groups is 3. The summed E-state index contributed by atoms with van der Waals surface area (Å²) in [6, 6.07) is 9.28. The maximum absolute atomic E-state index is 12.0. The molecule has 3 N–H and O–H groups in total. The number of hydrogen-bond acceptors (Lipinski definition) is 4. The zero-order valence-electron chi connectivity index (χ0n) is 13.5. The molecular formula is C17H19N3O4. The minimum atomic E-state index is -0.842. The van der Waals surface area contributed by atoms with E-state index in [1.165, 1.54) is 19.3 Å². The monoisotopic (exact) mass is 329 g/mol. The Labute approximate surface area is 139 Å². The highest BCUT2D eigenvalue weighted by Crippen LogP contribution is 2.04. The highest BCUT2D eigenvalue weighted by atomic mass is 16.3. The first kappa shape index (κ1) is 17.3. The van der Waals surface area contributed by atoms with E-state index in [-0.39, 0.29) is 5.76 Å². The van der Waals surface area contributed by atoms with Gasteiger partial charge in [-0.05, 0) is 43.2 Å². The normalized spacial score (nSPS) is 11.4. The van der Waals surface area contributed by atoms with Crippen molar-refractivity contribution in [3.8, 4) is 0 Å². The lowest BCUT2D eigenvalue weighted by Gasteiger charge is -2.14. The van der Waals surface area contributed by atoms with Gasteiger partial charge in [0.1, 0.15) is 6.04 Å². The highest BCUT2D eigenvalue weighted by Gasteiger charge is 2.18. The predicted molar refractivity (Wildman–Crippen MR) is 87.1 cm³/mol. The fourth-order valence-electron chi connectivity index (χ4n) is 1.93. The first-order valence-electron chi connectivity index (χ1n) is 7.54. The molecule has 1 heterocycles. The molecule has 1 aromatic carbocycles. The van der Waals surface area contributed by atoms with Crippen LogP contribution < -0.4 is 16.2 Å². The molecule has 0 radical (unpaired) electrons. The third-order valence-electron chi connectivity index (χ3n) is 3.41. The van der Waals surface area contributed by atoms with Crippen LogP contribution in [0.3, 0.4) is 0 Å². The summed E-state index contributed by atoms with van der Waals surface area (Å²) >= 11 is 0. The summed E-state index contributed by atoms with van der Waals surface area (Å²) in [5, 5.41) is 2.46. The van der Waals surface area contributed by atoms with Gasteiger partial charge in [0, 0.05) is 5.56 Å². The van der Waals surface area contributed by atoms with Crippen molar-refractivity contribution in [1.82, 2.24) is 16.2 Å². The fourth-order valence-corrected chi connectivity index (χ4v) is 1.93. The molecule has 0 aliphatic rings. The van der Waals surface area contributed by atoms with Gasteiger partial charge in [-0.1, -0.05) is 19.1 Å². The zero-order valence-corrected chi connectivity index (χ0v) is 13.5. The minimum Gasteiger partial charge on any atom is -0.459 e. The van der Waals surface area contributed by atoms with Crippen LogP contribution in [0, 0.1) is 0 Å². The average molecular weight is 329 g/mol. The summed E-state index contributed by atoms with van der Waals surface area (Å²) in [7, 11) is 0. The van der Waals surface area contributed by atoms with Gasteiger partial charge in [0.25, 0.3) is 17.7 Å².